The highest BCUT2D eigenvalue weighted by Gasteiger charge is 2.31. The minimum Gasteiger partial charge on any atom is -0.493 e. The largest absolute Gasteiger partial charge is 0.493 e. The van der Waals surface area contributed by atoms with Crippen molar-refractivity contribution in [3.8, 4) is 11.5 Å². The Bertz CT molecular complexity index is 1570. The zero-order valence-corrected chi connectivity index (χ0v) is 26.5. The van der Waals surface area contributed by atoms with Gasteiger partial charge in [0.2, 0.25) is 5.91 Å². The molecule has 0 aliphatic carbocycles. The number of hydrogen-bond acceptors (Lipinski definition) is 7. The molecular weight excluding hydrogens is 595 g/mol. The maximum atomic E-state index is 11.8. The standard InChI is InChI=1S/C31H34N4O4S.2ClH/c1-31(2,3)23-11-7-20(15-24(23)32)13-14-38-22-10-12-25-26(17-22)35(4)28(33-25)18-39-21-8-5-19(6-9-21)16-27-29(36)34-30(37)40-27;;/h5-12,15,17,27H,13-14,16,18,32H2,1-4H3,(H,34,36,37);2*1H. The molecule has 0 bridgehead atoms. The van der Waals surface area contributed by atoms with Gasteiger partial charge in [0.25, 0.3) is 5.24 Å². The number of aromatic nitrogens is 2. The lowest BCUT2D eigenvalue weighted by Gasteiger charge is -2.21. The number of rotatable bonds is 9. The number of carbonyl (C=O) groups excluding carboxylic acids is 2. The van der Waals surface area contributed by atoms with Gasteiger partial charge >= 0.3 is 0 Å². The van der Waals surface area contributed by atoms with Crippen LogP contribution < -0.4 is 20.5 Å². The molecule has 1 unspecified atom stereocenters. The summed E-state index contributed by atoms with van der Waals surface area (Å²) in [6, 6.07) is 19.7. The Labute approximate surface area is 262 Å². The summed E-state index contributed by atoms with van der Waals surface area (Å²) < 4.78 is 14.1. The number of hydrogen-bond donors (Lipinski definition) is 2. The molecule has 1 aromatic heterocycles. The third-order valence-corrected chi connectivity index (χ3v) is 7.99. The molecule has 2 amide bonds. The predicted octanol–water partition coefficient (Wildman–Crippen LogP) is 6.39. The van der Waals surface area contributed by atoms with Gasteiger partial charge in [0.1, 0.15) is 23.9 Å². The average Bonchev–Trinajstić information content (AvgIpc) is 3.39. The molecule has 3 N–H and O–H groups in total. The molecule has 224 valence electrons. The van der Waals surface area contributed by atoms with Crippen molar-refractivity contribution in [1.82, 2.24) is 14.9 Å². The predicted molar refractivity (Wildman–Crippen MR) is 173 cm³/mol. The number of ether oxygens (including phenoxy) is 2. The van der Waals surface area contributed by atoms with E-state index in [1.807, 2.05) is 60.1 Å². The number of anilines is 1. The number of nitrogens with two attached hydrogens (primary N) is 1. The Morgan fingerprint density at radius 3 is 2.29 bits per heavy atom. The topological polar surface area (TPSA) is 108 Å². The summed E-state index contributed by atoms with van der Waals surface area (Å²) in [4.78, 5) is 27.9. The van der Waals surface area contributed by atoms with Crippen LogP contribution in [-0.4, -0.2) is 32.6 Å². The van der Waals surface area contributed by atoms with Crippen molar-refractivity contribution in [2.24, 2.45) is 7.05 Å². The van der Waals surface area contributed by atoms with Gasteiger partial charge in [0.05, 0.1) is 22.9 Å². The summed E-state index contributed by atoms with van der Waals surface area (Å²) in [7, 11) is 1.96. The van der Waals surface area contributed by atoms with Gasteiger partial charge in [-0.1, -0.05) is 56.8 Å². The lowest BCUT2D eigenvalue weighted by atomic mass is 9.85. The molecule has 1 fully saturated rings. The third-order valence-electron chi connectivity index (χ3n) is 7.01. The van der Waals surface area contributed by atoms with E-state index in [1.54, 1.807) is 0 Å². The first-order chi connectivity index (χ1) is 19.1. The van der Waals surface area contributed by atoms with Crippen LogP contribution in [0.3, 0.4) is 0 Å². The number of thioether (sulfide) groups is 1. The number of amides is 2. The molecule has 3 aromatic carbocycles. The molecule has 5 rings (SSSR count). The van der Waals surface area contributed by atoms with Crippen molar-refractivity contribution in [3.05, 3.63) is 83.2 Å². The number of nitrogen functional groups attached to an aromatic ring is 1. The number of imidazole rings is 1. The monoisotopic (exact) mass is 630 g/mol. The Balaban J connectivity index is 0.00000242. The van der Waals surface area contributed by atoms with Crippen LogP contribution in [0, 0.1) is 0 Å². The summed E-state index contributed by atoms with van der Waals surface area (Å²) in [5.41, 5.74) is 12.2. The molecule has 0 saturated carbocycles. The summed E-state index contributed by atoms with van der Waals surface area (Å²) in [6.45, 7) is 7.34. The molecule has 0 radical (unpaired) electrons. The second-order valence-corrected chi connectivity index (χ2v) is 12.2. The summed E-state index contributed by atoms with van der Waals surface area (Å²) in [6.07, 6.45) is 1.26. The highest BCUT2D eigenvalue weighted by molar-refractivity contribution is 8.15. The first-order valence-electron chi connectivity index (χ1n) is 13.3. The number of halogens is 2. The Kier molecular flexibility index (Phi) is 10.8. The van der Waals surface area contributed by atoms with Crippen LogP contribution in [0.25, 0.3) is 11.0 Å². The molecule has 2 heterocycles. The van der Waals surface area contributed by atoms with E-state index in [0.717, 1.165) is 63.2 Å². The number of imide groups is 1. The smallest absolute Gasteiger partial charge is 0.286 e. The van der Waals surface area contributed by atoms with Gasteiger partial charge in [-0.2, -0.15) is 0 Å². The van der Waals surface area contributed by atoms with Crippen LogP contribution in [0.5, 0.6) is 11.5 Å². The second kappa shape index (κ2) is 13.7. The van der Waals surface area contributed by atoms with Crippen LogP contribution in [0.4, 0.5) is 10.5 Å². The highest BCUT2D eigenvalue weighted by Crippen LogP contribution is 2.29. The first kappa shape index (κ1) is 33.1. The van der Waals surface area contributed by atoms with Crippen molar-refractivity contribution in [1.29, 1.82) is 0 Å². The van der Waals surface area contributed by atoms with Crippen LogP contribution in [0.2, 0.25) is 0 Å². The molecule has 42 heavy (non-hydrogen) atoms. The zero-order chi connectivity index (χ0) is 28.4. The SMILES string of the molecule is Cl.Cl.Cn1c(COc2ccc(CC3SC(=O)NC3=O)cc2)nc2ccc(OCCc3ccc(C(C)(C)C)c(N)c3)cc21. The number of fused-ring (bicyclic) bond motifs is 1. The van der Waals surface area contributed by atoms with E-state index in [-0.39, 0.29) is 46.6 Å². The summed E-state index contributed by atoms with van der Waals surface area (Å²) in [5.74, 6) is 2.05. The maximum absolute atomic E-state index is 11.8. The van der Waals surface area contributed by atoms with Gasteiger partial charge in [-0.3, -0.25) is 14.9 Å². The van der Waals surface area contributed by atoms with Crippen LogP contribution >= 0.6 is 36.6 Å². The number of carbonyl (C=O) groups is 2. The van der Waals surface area contributed by atoms with Crippen molar-refractivity contribution >= 4 is 64.4 Å². The Morgan fingerprint density at radius 2 is 1.64 bits per heavy atom. The fourth-order valence-electron chi connectivity index (χ4n) is 4.79. The molecule has 11 heteroatoms. The average molecular weight is 632 g/mol. The van der Waals surface area contributed by atoms with Crippen molar-refractivity contribution < 1.29 is 19.1 Å². The third kappa shape index (κ3) is 7.70. The Hall–Kier alpha value is -3.40. The summed E-state index contributed by atoms with van der Waals surface area (Å²) in [5, 5.41) is 1.65. The highest BCUT2D eigenvalue weighted by atomic mass is 35.5. The van der Waals surface area contributed by atoms with E-state index in [1.165, 1.54) is 0 Å². The normalized spacial score (nSPS) is 14.7. The molecule has 1 saturated heterocycles. The van der Waals surface area contributed by atoms with E-state index < -0.39 is 0 Å². The minimum absolute atomic E-state index is 0. The van der Waals surface area contributed by atoms with Gasteiger partial charge in [-0.05, 0) is 58.9 Å². The molecule has 1 atom stereocenters. The van der Waals surface area contributed by atoms with Crippen LogP contribution in [0.15, 0.2) is 60.7 Å². The molecule has 8 nitrogen and oxygen atoms in total. The minimum atomic E-state index is -0.382. The van der Waals surface area contributed by atoms with Crippen molar-refractivity contribution in [3.63, 3.8) is 0 Å². The Morgan fingerprint density at radius 1 is 0.952 bits per heavy atom. The lowest BCUT2D eigenvalue weighted by Crippen LogP contribution is -2.25. The first-order valence-corrected chi connectivity index (χ1v) is 14.1. The van der Waals surface area contributed by atoms with Gasteiger partial charge < -0.3 is 19.8 Å². The second-order valence-electron chi connectivity index (χ2n) is 11.0. The number of nitrogens with zero attached hydrogens (tertiary/aromatic N) is 2. The number of nitrogens with one attached hydrogen (secondary N) is 1. The molecule has 1 aliphatic heterocycles. The van der Waals surface area contributed by atoms with E-state index in [9.17, 15) is 9.59 Å². The number of aryl methyl sites for hydroxylation is 1. The molecule has 1 aliphatic rings. The molecular formula is C31H36Cl2N4O4S. The zero-order valence-electron chi connectivity index (χ0n) is 24.0. The molecule has 4 aromatic rings. The molecule has 0 spiro atoms. The fraction of sp³-hybridized carbons (Fsp3) is 0.323. The fourth-order valence-corrected chi connectivity index (χ4v) is 5.65. The van der Waals surface area contributed by atoms with Crippen molar-refractivity contribution in [2.45, 2.75) is 50.9 Å². The van der Waals surface area contributed by atoms with Crippen molar-refractivity contribution in [2.75, 3.05) is 12.3 Å². The van der Waals surface area contributed by atoms with Gasteiger partial charge in [0, 0.05) is 25.2 Å². The van der Waals surface area contributed by atoms with Gasteiger partial charge in [-0.15, -0.1) is 24.8 Å². The summed E-state index contributed by atoms with van der Waals surface area (Å²) >= 11 is 1.03. The quantitative estimate of drug-likeness (QED) is 0.206. The maximum Gasteiger partial charge on any atom is 0.286 e. The van der Waals surface area contributed by atoms with Gasteiger partial charge in [0.15, 0.2) is 0 Å². The number of benzene rings is 3. The van der Waals surface area contributed by atoms with Crippen LogP contribution in [-0.2, 0) is 36.7 Å². The van der Waals surface area contributed by atoms with Crippen LogP contribution in [0.1, 0.15) is 43.3 Å². The van der Waals surface area contributed by atoms with Gasteiger partial charge in [-0.25, -0.2) is 4.98 Å². The van der Waals surface area contributed by atoms with E-state index in [0.29, 0.717) is 25.4 Å². The van der Waals surface area contributed by atoms with E-state index >= 15 is 0 Å². The van der Waals surface area contributed by atoms with E-state index in [4.69, 9.17) is 20.2 Å². The lowest BCUT2D eigenvalue weighted by molar-refractivity contribution is -0.118. The van der Waals surface area contributed by atoms with E-state index in [2.05, 4.69) is 38.2 Å².